The fourth-order valence-electron chi connectivity index (χ4n) is 0.534. The highest BCUT2D eigenvalue weighted by Crippen LogP contribution is 1.89. The number of rotatable bonds is 3. The molecule has 0 saturated carbocycles. The summed E-state index contributed by atoms with van der Waals surface area (Å²) in [6, 6.07) is 0. The fraction of sp³-hybridized carbons (Fsp3) is 0.250. The van der Waals surface area contributed by atoms with Gasteiger partial charge < -0.3 is 10.7 Å². The number of carbonyl (C=O) groups excluding carboxylic acids is 1. The van der Waals surface area contributed by atoms with Gasteiger partial charge in [-0.05, 0) is 13.0 Å². The van der Waals surface area contributed by atoms with Gasteiger partial charge in [0.1, 0.15) is 0 Å². The van der Waals surface area contributed by atoms with Crippen molar-refractivity contribution in [2.75, 3.05) is 7.05 Å². The fourth-order valence-corrected chi connectivity index (χ4v) is 0.534. The van der Waals surface area contributed by atoms with Crippen LogP contribution >= 0.6 is 0 Å². The first-order valence-corrected chi connectivity index (χ1v) is 3.31. The number of nitrogens with one attached hydrogen (secondary N) is 2. The van der Waals surface area contributed by atoms with E-state index >= 15 is 0 Å². The second-order valence-electron chi connectivity index (χ2n) is 1.87. The number of carbonyl (C=O) groups is 1. The van der Waals surface area contributed by atoms with Gasteiger partial charge in [0, 0.05) is 13.3 Å². The molecule has 0 aliphatic rings. The number of allylic oxidation sites excluding steroid dienone is 3. The molecule has 0 atom stereocenters. The van der Waals surface area contributed by atoms with Crippen molar-refractivity contribution in [3.63, 3.8) is 0 Å². The normalized spacial score (nSPS) is 11.6. The topological polar surface area (TPSA) is 53.0 Å². The first kappa shape index (κ1) is 9.62. The Morgan fingerprint density at radius 2 is 2.18 bits per heavy atom. The predicted molar refractivity (Wildman–Crippen MR) is 45.7 cm³/mol. The van der Waals surface area contributed by atoms with Crippen LogP contribution in [0.1, 0.15) is 6.92 Å². The Balaban J connectivity index is 4.38. The van der Waals surface area contributed by atoms with Crippen LogP contribution in [0.3, 0.4) is 0 Å². The lowest BCUT2D eigenvalue weighted by Gasteiger charge is -1.95. The molecule has 0 fully saturated rings. The van der Waals surface area contributed by atoms with Crippen molar-refractivity contribution in [2.24, 2.45) is 0 Å². The summed E-state index contributed by atoms with van der Waals surface area (Å²) in [7, 11) is 1.54. The van der Waals surface area contributed by atoms with Gasteiger partial charge >= 0.3 is 0 Å². The molecule has 0 radical (unpaired) electrons. The zero-order valence-corrected chi connectivity index (χ0v) is 6.72. The van der Waals surface area contributed by atoms with Gasteiger partial charge in [-0.15, -0.1) is 0 Å². The van der Waals surface area contributed by atoms with E-state index < -0.39 is 0 Å². The van der Waals surface area contributed by atoms with E-state index in [-0.39, 0.29) is 5.91 Å². The molecule has 0 saturated heterocycles. The van der Waals surface area contributed by atoms with Crippen LogP contribution in [0.4, 0.5) is 0 Å². The molecule has 0 aromatic carbocycles. The van der Waals surface area contributed by atoms with E-state index in [9.17, 15) is 4.79 Å². The highest BCUT2D eigenvalue weighted by molar-refractivity contribution is 6.11. The third kappa shape index (κ3) is 3.35. The Kier molecular flexibility index (Phi) is 4.73. The van der Waals surface area contributed by atoms with Crippen molar-refractivity contribution < 1.29 is 4.79 Å². The van der Waals surface area contributed by atoms with Crippen LogP contribution < -0.4 is 5.32 Å². The number of likely N-dealkylation sites (N-methyl/N-ethyl adjacent to an activating group) is 1. The lowest BCUT2D eigenvalue weighted by Crippen LogP contribution is -2.20. The van der Waals surface area contributed by atoms with Gasteiger partial charge in [-0.2, -0.15) is 0 Å². The van der Waals surface area contributed by atoms with Crippen molar-refractivity contribution in [1.29, 1.82) is 5.41 Å². The van der Waals surface area contributed by atoms with E-state index in [1.54, 1.807) is 18.2 Å². The van der Waals surface area contributed by atoms with Crippen LogP contribution in [-0.2, 0) is 4.79 Å². The molecule has 60 valence electrons. The Morgan fingerprint density at radius 1 is 1.55 bits per heavy atom. The zero-order chi connectivity index (χ0) is 8.69. The Hall–Kier alpha value is -1.38. The molecule has 0 aromatic rings. The second-order valence-corrected chi connectivity index (χ2v) is 1.87. The zero-order valence-electron chi connectivity index (χ0n) is 6.72. The van der Waals surface area contributed by atoms with Gasteiger partial charge in [-0.1, -0.05) is 12.2 Å². The van der Waals surface area contributed by atoms with Crippen molar-refractivity contribution in [1.82, 2.24) is 5.32 Å². The van der Waals surface area contributed by atoms with E-state index in [1.807, 2.05) is 6.92 Å². The lowest BCUT2D eigenvalue weighted by atomic mass is 10.2. The minimum absolute atomic E-state index is 0.238. The molecule has 0 heterocycles. The van der Waals surface area contributed by atoms with E-state index in [2.05, 4.69) is 5.32 Å². The molecule has 0 bridgehead atoms. The summed E-state index contributed by atoms with van der Waals surface area (Å²) in [5.41, 5.74) is 0.352. The first-order chi connectivity index (χ1) is 5.26. The molecular weight excluding hydrogens is 140 g/mol. The Labute approximate surface area is 66.3 Å². The molecular formula is C8H12N2O. The summed E-state index contributed by atoms with van der Waals surface area (Å²) in [6.45, 7) is 1.85. The van der Waals surface area contributed by atoms with Gasteiger partial charge in [0.05, 0.1) is 5.57 Å². The summed E-state index contributed by atoms with van der Waals surface area (Å²) >= 11 is 0. The van der Waals surface area contributed by atoms with E-state index in [0.717, 1.165) is 6.21 Å². The van der Waals surface area contributed by atoms with Gasteiger partial charge in [0.2, 0.25) is 0 Å². The molecule has 3 nitrogen and oxygen atoms in total. The third-order valence-corrected chi connectivity index (χ3v) is 1.11. The number of hydrogen-bond donors (Lipinski definition) is 2. The average Bonchev–Trinajstić information content (AvgIpc) is 2.05. The molecule has 0 aliphatic heterocycles. The summed E-state index contributed by atoms with van der Waals surface area (Å²) < 4.78 is 0. The van der Waals surface area contributed by atoms with Crippen LogP contribution in [-0.4, -0.2) is 19.2 Å². The SMILES string of the molecule is C/C=C\C=C(/C=N)C(=O)NC. The standard InChI is InChI=1S/C8H12N2O/c1-3-4-5-7(6-9)8(11)10-2/h3-6,9H,1-2H3,(H,10,11)/b4-3-,7-5+,9-6?. The van der Waals surface area contributed by atoms with E-state index in [1.165, 1.54) is 7.05 Å². The largest absolute Gasteiger partial charge is 0.355 e. The summed E-state index contributed by atoms with van der Waals surface area (Å²) in [4.78, 5) is 10.9. The quantitative estimate of drug-likeness (QED) is 0.352. The summed E-state index contributed by atoms with van der Waals surface area (Å²) in [5.74, 6) is -0.238. The molecule has 0 aliphatic carbocycles. The number of hydrogen-bond acceptors (Lipinski definition) is 2. The minimum Gasteiger partial charge on any atom is -0.355 e. The molecule has 0 spiro atoms. The van der Waals surface area contributed by atoms with E-state index in [4.69, 9.17) is 5.41 Å². The van der Waals surface area contributed by atoms with Crippen LogP contribution in [0.25, 0.3) is 0 Å². The van der Waals surface area contributed by atoms with Crippen molar-refractivity contribution >= 4 is 12.1 Å². The highest BCUT2D eigenvalue weighted by atomic mass is 16.1. The van der Waals surface area contributed by atoms with Crippen molar-refractivity contribution in [3.8, 4) is 0 Å². The van der Waals surface area contributed by atoms with Crippen molar-refractivity contribution in [3.05, 3.63) is 23.8 Å². The van der Waals surface area contributed by atoms with Gasteiger partial charge in [0.25, 0.3) is 5.91 Å². The van der Waals surface area contributed by atoms with Crippen LogP contribution in [0.5, 0.6) is 0 Å². The second kappa shape index (κ2) is 5.41. The van der Waals surface area contributed by atoms with Crippen LogP contribution in [0.15, 0.2) is 23.8 Å². The number of amides is 1. The molecule has 0 aromatic heterocycles. The van der Waals surface area contributed by atoms with Gasteiger partial charge in [-0.3, -0.25) is 4.79 Å². The molecule has 0 unspecified atom stereocenters. The summed E-state index contributed by atoms with van der Waals surface area (Å²) in [5, 5.41) is 9.32. The molecule has 2 N–H and O–H groups in total. The molecule has 11 heavy (non-hydrogen) atoms. The Bertz CT molecular complexity index is 204. The molecule has 0 rings (SSSR count). The predicted octanol–water partition coefficient (Wildman–Crippen LogP) is 0.884. The molecule has 3 heteroatoms. The van der Waals surface area contributed by atoms with Crippen molar-refractivity contribution in [2.45, 2.75) is 6.92 Å². The maximum absolute atomic E-state index is 10.9. The monoisotopic (exact) mass is 152 g/mol. The highest BCUT2D eigenvalue weighted by Gasteiger charge is 2.00. The average molecular weight is 152 g/mol. The van der Waals surface area contributed by atoms with Crippen LogP contribution in [0, 0.1) is 5.41 Å². The van der Waals surface area contributed by atoms with Gasteiger partial charge in [-0.25, -0.2) is 0 Å². The third-order valence-electron chi connectivity index (χ3n) is 1.11. The smallest absolute Gasteiger partial charge is 0.252 e. The maximum Gasteiger partial charge on any atom is 0.252 e. The van der Waals surface area contributed by atoms with Gasteiger partial charge in [0.15, 0.2) is 0 Å². The Morgan fingerprint density at radius 3 is 2.55 bits per heavy atom. The summed E-state index contributed by atoms with van der Waals surface area (Å²) in [6.07, 6.45) is 6.13. The maximum atomic E-state index is 10.9. The van der Waals surface area contributed by atoms with E-state index in [0.29, 0.717) is 5.57 Å². The van der Waals surface area contributed by atoms with Crippen LogP contribution in [0.2, 0.25) is 0 Å². The lowest BCUT2D eigenvalue weighted by molar-refractivity contribution is -0.116. The molecule has 1 amide bonds. The first-order valence-electron chi connectivity index (χ1n) is 3.31. The minimum atomic E-state index is -0.238.